The fourth-order valence-electron chi connectivity index (χ4n) is 1.25. The van der Waals surface area contributed by atoms with Crippen molar-refractivity contribution in [1.29, 1.82) is 5.26 Å². The van der Waals surface area contributed by atoms with Gasteiger partial charge in [-0.3, -0.25) is 0 Å². The zero-order chi connectivity index (χ0) is 11.3. The van der Waals surface area contributed by atoms with Gasteiger partial charge in [-0.25, -0.2) is 9.18 Å². The number of hydrogen-bond donors (Lipinski definition) is 0. The molecule has 0 aliphatic rings. The lowest BCUT2D eigenvalue weighted by molar-refractivity contribution is 0.540. The first-order chi connectivity index (χ1) is 7.09. The molecular formula is C11H9FN2O. The molecule has 1 aromatic carbocycles. The highest BCUT2D eigenvalue weighted by molar-refractivity contribution is 5.37. The Bertz CT molecular complexity index is 446. The number of nitriles is 1. The molecule has 0 saturated carbocycles. The van der Waals surface area contributed by atoms with Crippen LogP contribution in [0.25, 0.3) is 0 Å². The maximum atomic E-state index is 12.8. The molecule has 15 heavy (non-hydrogen) atoms. The molecule has 0 spiro atoms. The summed E-state index contributed by atoms with van der Waals surface area (Å²) in [5.74, 6) is -0.372. The molecule has 0 fully saturated rings. The van der Waals surface area contributed by atoms with E-state index in [9.17, 15) is 9.18 Å². The molecule has 4 heteroatoms. The number of hydrogen-bond acceptors (Lipinski definition) is 3. The van der Waals surface area contributed by atoms with Crippen LogP contribution in [0.1, 0.15) is 12.5 Å². The summed E-state index contributed by atoms with van der Waals surface area (Å²) in [6, 6.07) is 7.76. The molecular weight excluding hydrogens is 195 g/mol. The fourth-order valence-corrected chi connectivity index (χ4v) is 1.25. The van der Waals surface area contributed by atoms with E-state index in [0.717, 1.165) is 0 Å². The molecule has 0 heterocycles. The van der Waals surface area contributed by atoms with Crippen LogP contribution >= 0.6 is 0 Å². The Morgan fingerprint density at radius 1 is 1.60 bits per heavy atom. The van der Waals surface area contributed by atoms with Crippen molar-refractivity contribution in [1.82, 2.24) is 0 Å². The van der Waals surface area contributed by atoms with Crippen molar-refractivity contribution in [3.63, 3.8) is 0 Å². The van der Waals surface area contributed by atoms with Crippen LogP contribution in [0, 0.1) is 17.1 Å². The van der Waals surface area contributed by atoms with Crippen molar-refractivity contribution in [2.45, 2.75) is 18.9 Å². The van der Waals surface area contributed by atoms with Crippen molar-refractivity contribution in [3.8, 4) is 6.07 Å². The molecule has 3 nitrogen and oxygen atoms in total. The molecule has 0 radical (unpaired) electrons. The molecule has 0 saturated heterocycles. The molecule has 1 aromatic rings. The highest BCUT2D eigenvalue weighted by atomic mass is 19.1. The predicted octanol–water partition coefficient (Wildman–Crippen LogP) is 1.99. The zero-order valence-electron chi connectivity index (χ0n) is 8.20. The van der Waals surface area contributed by atoms with Gasteiger partial charge in [0.25, 0.3) is 0 Å². The van der Waals surface area contributed by atoms with Crippen molar-refractivity contribution in [2.24, 2.45) is 4.99 Å². The molecule has 0 aromatic heterocycles. The Hall–Kier alpha value is -1.98. The number of benzene rings is 1. The lowest BCUT2D eigenvalue weighted by Crippen LogP contribution is -2.22. The quantitative estimate of drug-likeness (QED) is 0.558. The van der Waals surface area contributed by atoms with Crippen LogP contribution in [0.4, 0.5) is 4.39 Å². The SMILES string of the molecule is CC(C#N)(Cc1cccc(F)c1)N=C=O. The van der Waals surface area contributed by atoms with Gasteiger partial charge in [-0.15, -0.1) is 0 Å². The molecule has 0 aliphatic carbocycles. The molecule has 0 bridgehead atoms. The van der Waals surface area contributed by atoms with E-state index in [1.54, 1.807) is 12.1 Å². The second kappa shape index (κ2) is 4.50. The number of carbonyl (C=O) groups excluding carboxylic acids is 1. The Morgan fingerprint density at radius 3 is 2.87 bits per heavy atom. The second-order valence-corrected chi connectivity index (χ2v) is 3.40. The average molecular weight is 204 g/mol. The van der Waals surface area contributed by atoms with Crippen molar-refractivity contribution < 1.29 is 9.18 Å². The second-order valence-electron chi connectivity index (χ2n) is 3.40. The van der Waals surface area contributed by atoms with Crippen LogP contribution in [0.5, 0.6) is 0 Å². The van der Waals surface area contributed by atoms with Gasteiger partial charge in [0, 0.05) is 6.42 Å². The smallest absolute Gasteiger partial charge is 0.211 e. The minimum Gasteiger partial charge on any atom is -0.211 e. The molecule has 1 rings (SSSR count). The lowest BCUT2D eigenvalue weighted by Gasteiger charge is -2.13. The summed E-state index contributed by atoms with van der Waals surface area (Å²) in [7, 11) is 0. The molecule has 0 amide bonds. The van der Waals surface area contributed by atoms with E-state index in [0.29, 0.717) is 5.56 Å². The zero-order valence-corrected chi connectivity index (χ0v) is 8.20. The number of halogens is 1. The molecule has 1 atom stereocenters. The normalized spacial score (nSPS) is 13.4. The van der Waals surface area contributed by atoms with E-state index in [1.165, 1.54) is 25.1 Å². The van der Waals surface area contributed by atoms with E-state index < -0.39 is 5.54 Å². The van der Waals surface area contributed by atoms with Crippen LogP contribution in [0.15, 0.2) is 29.3 Å². The number of aliphatic imine (C=N–C) groups is 1. The lowest BCUT2D eigenvalue weighted by atomic mass is 9.95. The Morgan fingerprint density at radius 2 is 2.33 bits per heavy atom. The highest BCUT2D eigenvalue weighted by Gasteiger charge is 2.23. The summed E-state index contributed by atoms with van der Waals surface area (Å²) in [6.07, 6.45) is 1.54. The van der Waals surface area contributed by atoms with Gasteiger partial charge in [0.05, 0.1) is 6.07 Å². The van der Waals surface area contributed by atoms with E-state index in [4.69, 9.17) is 5.26 Å². The first-order valence-corrected chi connectivity index (χ1v) is 4.34. The van der Waals surface area contributed by atoms with Gasteiger partial charge in [-0.05, 0) is 24.6 Å². The van der Waals surface area contributed by atoms with Crippen molar-refractivity contribution in [2.75, 3.05) is 0 Å². The van der Waals surface area contributed by atoms with E-state index in [-0.39, 0.29) is 12.2 Å². The standard InChI is InChI=1S/C11H9FN2O/c1-11(7-13,14-8-15)6-9-3-2-4-10(12)5-9/h2-5H,6H2,1H3. The first kappa shape index (κ1) is 11.1. The van der Waals surface area contributed by atoms with Crippen LogP contribution in [0.2, 0.25) is 0 Å². The first-order valence-electron chi connectivity index (χ1n) is 4.34. The van der Waals surface area contributed by atoms with Gasteiger partial charge in [0.15, 0.2) is 5.54 Å². The van der Waals surface area contributed by atoms with Crippen LogP contribution in [-0.2, 0) is 11.2 Å². The molecule has 76 valence electrons. The molecule has 0 N–H and O–H groups in total. The summed E-state index contributed by atoms with van der Waals surface area (Å²) in [5.41, 5.74) is -0.548. The third-order valence-electron chi connectivity index (χ3n) is 1.97. The van der Waals surface area contributed by atoms with E-state index in [1.807, 2.05) is 6.07 Å². The van der Waals surface area contributed by atoms with Crippen molar-refractivity contribution >= 4 is 6.08 Å². The predicted molar refractivity (Wildman–Crippen MR) is 52.2 cm³/mol. The van der Waals surface area contributed by atoms with E-state index in [2.05, 4.69) is 4.99 Å². The average Bonchev–Trinajstić information content (AvgIpc) is 2.18. The largest absolute Gasteiger partial charge is 0.236 e. The third-order valence-corrected chi connectivity index (χ3v) is 1.97. The third kappa shape index (κ3) is 3.01. The Balaban J connectivity index is 2.94. The van der Waals surface area contributed by atoms with Crippen LogP contribution < -0.4 is 0 Å². The minimum atomic E-state index is -1.17. The Kier molecular flexibility index (Phi) is 3.33. The van der Waals surface area contributed by atoms with E-state index >= 15 is 0 Å². The number of nitrogens with zero attached hydrogens (tertiary/aromatic N) is 2. The fraction of sp³-hybridized carbons (Fsp3) is 0.273. The summed E-state index contributed by atoms with van der Waals surface area (Å²) < 4.78 is 12.8. The van der Waals surface area contributed by atoms with Gasteiger partial charge in [-0.1, -0.05) is 12.1 Å². The maximum absolute atomic E-state index is 12.8. The summed E-state index contributed by atoms with van der Waals surface area (Å²) >= 11 is 0. The number of rotatable bonds is 3. The number of isocyanates is 1. The topological polar surface area (TPSA) is 53.2 Å². The Labute approximate surface area is 86.9 Å². The maximum Gasteiger partial charge on any atom is 0.236 e. The van der Waals surface area contributed by atoms with Crippen molar-refractivity contribution in [3.05, 3.63) is 35.6 Å². The summed E-state index contributed by atoms with van der Waals surface area (Å²) in [6.45, 7) is 1.50. The molecule has 0 aliphatic heterocycles. The molecule has 1 unspecified atom stereocenters. The summed E-state index contributed by atoms with van der Waals surface area (Å²) in [4.78, 5) is 13.5. The van der Waals surface area contributed by atoms with Gasteiger partial charge in [-0.2, -0.15) is 10.3 Å². The van der Waals surface area contributed by atoms with Gasteiger partial charge in [0.1, 0.15) is 5.82 Å². The summed E-state index contributed by atoms with van der Waals surface area (Å²) in [5, 5.41) is 8.83. The van der Waals surface area contributed by atoms with Crippen LogP contribution in [0.3, 0.4) is 0 Å². The highest BCUT2D eigenvalue weighted by Crippen LogP contribution is 2.16. The minimum absolute atomic E-state index is 0.191. The monoisotopic (exact) mass is 204 g/mol. The van der Waals surface area contributed by atoms with Gasteiger partial charge < -0.3 is 0 Å². The van der Waals surface area contributed by atoms with Gasteiger partial charge in [0.2, 0.25) is 6.08 Å². The van der Waals surface area contributed by atoms with Gasteiger partial charge >= 0.3 is 0 Å². The van der Waals surface area contributed by atoms with Crippen LogP contribution in [-0.4, -0.2) is 11.6 Å².